The second kappa shape index (κ2) is 19.0. The summed E-state index contributed by atoms with van der Waals surface area (Å²) >= 11 is 0. The molecule has 0 aliphatic rings. The Morgan fingerprint density at radius 3 is 0.519 bits per heavy atom. The molecule has 3 radical (unpaired) electrons. The van der Waals surface area contributed by atoms with E-state index >= 15 is 0 Å². The molecule has 27 heavy (non-hydrogen) atoms. The molecule has 161 valence electrons. The predicted molar refractivity (Wildman–Crippen MR) is 112 cm³/mol. The Kier molecular flexibility index (Phi) is 23.1. The van der Waals surface area contributed by atoms with Crippen LogP contribution in [0.3, 0.4) is 0 Å². The Hall–Kier alpha value is 1.06. The largest absolute Gasteiger partial charge is 0.363 e. The zero-order chi connectivity index (χ0) is 20.9. The molecule has 12 nitrogen and oxygen atoms in total. The fraction of sp³-hybridized carbons (Fsp3) is 1.00. The molecule has 0 aliphatic heterocycles. The van der Waals surface area contributed by atoms with Crippen LogP contribution in [0.15, 0.2) is 0 Å². The van der Waals surface area contributed by atoms with Crippen molar-refractivity contribution in [3.63, 3.8) is 0 Å². The molecule has 0 saturated heterocycles. The summed E-state index contributed by atoms with van der Waals surface area (Å²) in [5.41, 5.74) is 0. The summed E-state index contributed by atoms with van der Waals surface area (Å²) in [6, 6.07) is 0. The third-order valence-corrected chi connectivity index (χ3v) is 6.04. The van der Waals surface area contributed by atoms with Crippen molar-refractivity contribution in [2.45, 2.75) is 0 Å². The van der Waals surface area contributed by atoms with E-state index in [4.69, 9.17) is 0 Å². The molecule has 0 bridgehead atoms. The van der Waals surface area contributed by atoms with Gasteiger partial charge in [0.05, 0.1) is 0 Å². The number of nitrogens with one attached hydrogen (secondary N) is 6. The fourth-order valence-corrected chi connectivity index (χ4v) is 4.47. The molecule has 0 heterocycles. The molecule has 0 fully saturated rings. The summed E-state index contributed by atoms with van der Waals surface area (Å²) in [5.74, 6) is 0. The third kappa shape index (κ3) is 27.1. The van der Waals surface area contributed by atoms with Crippen LogP contribution in [-0.2, 0) is 32.7 Å². The number of hydrazine groups is 6. The van der Waals surface area contributed by atoms with Crippen LogP contribution in [0.5, 0.6) is 0 Å². The Bertz CT molecular complexity index is 245. The molecule has 0 aromatic carbocycles. The molecule has 0 aromatic heterocycles. The molecule has 0 aliphatic carbocycles. The molecular weight excluding hydrogens is 457 g/mol. The van der Waals surface area contributed by atoms with Crippen molar-refractivity contribution >= 4 is 18.6 Å². The molecule has 0 rings (SSSR count). The van der Waals surface area contributed by atoms with Crippen molar-refractivity contribution in [2.24, 2.45) is 0 Å². The van der Waals surface area contributed by atoms with Crippen LogP contribution in [-0.4, -0.2) is 133 Å². The molecule has 15 heteroatoms. The van der Waals surface area contributed by atoms with E-state index < -0.39 is 18.6 Å². The topological polar surface area (TPSA) is 91.6 Å². The van der Waals surface area contributed by atoms with Crippen molar-refractivity contribution in [1.82, 2.24) is 60.6 Å². The summed E-state index contributed by atoms with van der Waals surface area (Å²) in [6.45, 7) is 0. The molecule has 0 amide bonds. The van der Waals surface area contributed by atoms with Crippen LogP contribution in [0, 0.1) is 0 Å². The third-order valence-electron chi connectivity index (χ3n) is 2.01. The Morgan fingerprint density at radius 2 is 0.444 bits per heavy atom. The summed E-state index contributed by atoms with van der Waals surface area (Å²) < 4.78 is 0. The van der Waals surface area contributed by atoms with Crippen molar-refractivity contribution in [2.75, 3.05) is 84.6 Å². The SMILES string of the molecule is CN(C)N[Si](NN(C)C)NN(C)C.CN(C)N[Si](NN(C)C)NN(C)C.[Y]. The van der Waals surface area contributed by atoms with Crippen LogP contribution >= 0.6 is 0 Å². The number of nitrogens with zero attached hydrogens (tertiary/aromatic N) is 6. The number of hydrogen-bond donors (Lipinski definition) is 6. The van der Waals surface area contributed by atoms with Gasteiger partial charge in [-0.15, -0.1) is 0 Å². The van der Waals surface area contributed by atoms with E-state index in [2.05, 4.69) is 30.5 Å². The van der Waals surface area contributed by atoms with Crippen molar-refractivity contribution in [1.29, 1.82) is 0 Å². The Morgan fingerprint density at radius 1 is 0.333 bits per heavy atom. The van der Waals surface area contributed by atoms with Crippen LogP contribution in [0.1, 0.15) is 0 Å². The van der Waals surface area contributed by atoms with Crippen LogP contribution < -0.4 is 30.5 Å². The molecule has 0 unspecified atom stereocenters. The Balaban J connectivity index is -0.000000411. The van der Waals surface area contributed by atoms with Crippen molar-refractivity contribution in [3.05, 3.63) is 0 Å². The summed E-state index contributed by atoms with van der Waals surface area (Å²) in [7, 11) is 21.6. The van der Waals surface area contributed by atoms with Crippen LogP contribution in [0.4, 0.5) is 0 Å². The first-order valence-corrected chi connectivity index (χ1v) is 11.2. The van der Waals surface area contributed by atoms with Gasteiger partial charge in [0.1, 0.15) is 0 Å². The quantitative estimate of drug-likeness (QED) is 0.118. The van der Waals surface area contributed by atoms with Gasteiger partial charge < -0.3 is 0 Å². The van der Waals surface area contributed by atoms with Gasteiger partial charge in [0.15, 0.2) is 0 Å². The normalized spacial score (nSPS) is 12.0. The minimum atomic E-state index is -1.02. The fourth-order valence-electron chi connectivity index (χ4n) is 1.49. The van der Waals surface area contributed by atoms with Gasteiger partial charge in [-0.3, -0.25) is 30.1 Å². The van der Waals surface area contributed by atoms with Crippen molar-refractivity contribution < 1.29 is 32.7 Å². The smallest absolute Gasteiger partial charge is 0.255 e. The van der Waals surface area contributed by atoms with E-state index in [0.29, 0.717) is 0 Å². The van der Waals surface area contributed by atoms with Gasteiger partial charge in [-0.05, 0) is 0 Å². The first kappa shape index (κ1) is 32.7. The van der Waals surface area contributed by atoms with Crippen LogP contribution in [0.25, 0.3) is 0 Å². The van der Waals surface area contributed by atoms with E-state index in [1.54, 1.807) is 0 Å². The summed E-state index contributed by atoms with van der Waals surface area (Å²) in [6.07, 6.45) is 0. The average molecular weight is 500 g/mol. The van der Waals surface area contributed by atoms with Crippen molar-refractivity contribution in [3.8, 4) is 0 Å². The first-order valence-electron chi connectivity index (χ1n) is 8.21. The van der Waals surface area contributed by atoms with E-state index in [1.807, 2.05) is 115 Å². The van der Waals surface area contributed by atoms with E-state index in [1.165, 1.54) is 0 Å². The van der Waals surface area contributed by atoms with Crippen LogP contribution in [0.2, 0.25) is 0 Å². The molecular formula is C12H42N12Si2Y. The minimum Gasteiger partial charge on any atom is -0.255 e. The monoisotopic (exact) mass is 499 g/mol. The number of rotatable bonds is 12. The molecule has 0 saturated carbocycles. The average Bonchev–Trinajstić information content (AvgIpc) is 2.33. The first-order chi connectivity index (χ1) is 11.8. The molecule has 0 atom stereocenters. The van der Waals surface area contributed by atoms with Gasteiger partial charge >= 0.3 is 18.6 Å². The second-order valence-electron chi connectivity index (χ2n) is 6.79. The zero-order valence-electron chi connectivity index (χ0n) is 19.3. The van der Waals surface area contributed by atoms with Gasteiger partial charge in [-0.1, -0.05) is 0 Å². The second-order valence-corrected chi connectivity index (χ2v) is 9.63. The van der Waals surface area contributed by atoms with Gasteiger partial charge in [0.2, 0.25) is 0 Å². The maximum absolute atomic E-state index is 3.27. The van der Waals surface area contributed by atoms with E-state index in [9.17, 15) is 0 Å². The molecule has 0 spiro atoms. The summed E-state index contributed by atoms with van der Waals surface area (Å²) in [5, 5.41) is 31.2. The van der Waals surface area contributed by atoms with E-state index in [0.717, 1.165) is 0 Å². The molecule has 6 N–H and O–H groups in total. The predicted octanol–water partition coefficient (Wildman–Crippen LogP) is -3.66. The summed E-state index contributed by atoms with van der Waals surface area (Å²) in [4.78, 5) is 0. The van der Waals surface area contributed by atoms with E-state index in [-0.39, 0.29) is 32.7 Å². The Labute approximate surface area is 195 Å². The number of hydrogen-bond acceptors (Lipinski definition) is 12. The minimum absolute atomic E-state index is 0. The standard InChI is InChI=1S/2C6H21N6Si.Y/c2*1-10(2)7-13(8-11(3)4)9-12(5)6;/h2*7-9H,1-6H3;. The molecule has 0 aromatic rings. The van der Waals surface area contributed by atoms with Gasteiger partial charge in [0, 0.05) is 117 Å². The zero-order valence-corrected chi connectivity index (χ0v) is 24.1. The maximum atomic E-state index is 3.27. The van der Waals surface area contributed by atoms with Gasteiger partial charge in [-0.2, -0.15) is 0 Å². The van der Waals surface area contributed by atoms with Gasteiger partial charge in [0.25, 0.3) is 0 Å². The maximum Gasteiger partial charge on any atom is 0.363 e. The van der Waals surface area contributed by atoms with Gasteiger partial charge in [-0.25, -0.2) is 30.5 Å².